The third-order valence-corrected chi connectivity index (χ3v) is 3.70. The van der Waals surface area contributed by atoms with Gasteiger partial charge in [-0.1, -0.05) is 30.0 Å². The predicted molar refractivity (Wildman–Crippen MR) is 60.0 cm³/mol. The number of benzene rings is 1. The molecule has 3 heteroatoms. The van der Waals surface area contributed by atoms with Crippen LogP contribution in [0.15, 0.2) is 24.3 Å². The van der Waals surface area contributed by atoms with Crippen molar-refractivity contribution in [2.75, 3.05) is 13.3 Å². The van der Waals surface area contributed by atoms with Crippen molar-refractivity contribution in [2.24, 2.45) is 0 Å². The van der Waals surface area contributed by atoms with E-state index >= 15 is 0 Å². The number of methoxy groups -OCH3 is 1. The van der Waals surface area contributed by atoms with Gasteiger partial charge in [0.25, 0.3) is 0 Å². The minimum atomic E-state index is -1.28. The Morgan fingerprint density at radius 3 is 2.71 bits per heavy atom. The van der Waals surface area contributed by atoms with Crippen LogP contribution in [0.3, 0.4) is 0 Å². The van der Waals surface area contributed by atoms with E-state index in [0.717, 1.165) is 30.1 Å². The molecule has 1 unspecified atom stereocenters. The van der Waals surface area contributed by atoms with Crippen molar-refractivity contribution in [1.82, 2.24) is 0 Å². The van der Waals surface area contributed by atoms with Crippen molar-refractivity contribution in [1.29, 1.82) is 0 Å². The molecule has 1 aromatic rings. The summed E-state index contributed by atoms with van der Waals surface area (Å²) in [6.07, 6.45) is 2.84. The normalized spacial score (nSPS) is 11.1. The van der Waals surface area contributed by atoms with Gasteiger partial charge in [0.15, 0.2) is 11.9 Å². The molecule has 14 heavy (non-hydrogen) atoms. The molecule has 0 radical (unpaired) electrons. The van der Waals surface area contributed by atoms with Crippen LogP contribution in [0.5, 0.6) is 5.75 Å². The Balaban J connectivity index is 2.78. The van der Waals surface area contributed by atoms with Crippen LogP contribution in [0.2, 0.25) is 0 Å². The Hall–Kier alpha value is -0.880. The van der Waals surface area contributed by atoms with E-state index in [0.29, 0.717) is 0 Å². The number of unbranched alkanes of at least 4 members (excludes halogenated alkanes) is 1. The van der Waals surface area contributed by atoms with Crippen molar-refractivity contribution in [2.45, 2.75) is 19.8 Å². The summed E-state index contributed by atoms with van der Waals surface area (Å²) in [5.74, 6) is 0.740. The van der Waals surface area contributed by atoms with Gasteiger partial charge in [-0.05, 0) is 18.6 Å². The van der Waals surface area contributed by atoms with Gasteiger partial charge in [-0.15, -0.1) is 0 Å². The number of rotatable bonds is 5. The van der Waals surface area contributed by atoms with Crippen LogP contribution in [0.1, 0.15) is 19.8 Å². The van der Waals surface area contributed by atoms with Gasteiger partial charge < -0.3 is 4.74 Å². The van der Waals surface area contributed by atoms with E-state index in [9.17, 15) is 4.57 Å². The monoisotopic (exact) mass is 211 g/mol. The van der Waals surface area contributed by atoms with E-state index in [4.69, 9.17) is 4.74 Å². The standard InChI is InChI=1S/C11H16O2P/c1-3-4-9-14(12)11-8-6-5-7-10(11)13-2/h5-8H,3-4,9H2,1-2H3/q+1. The van der Waals surface area contributed by atoms with Gasteiger partial charge in [0.05, 0.1) is 7.11 Å². The van der Waals surface area contributed by atoms with Crippen molar-refractivity contribution < 1.29 is 9.30 Å². The maximum Gasteiger partial charge on any atom is 0.380 e. The molecule has 0 bridgehead atoms. The summed E-state index contributed by atoms with van der Waals surface area (Å²) in [6, 6.07) is 7.53. The third-order valence-electron chi connectivity index (χ3n) is 2.07. The molecular formula is C11H16O2P+. The first-order chi connectivity index (χ1) is 6.79. The average Bonchev–Trinajstić information content (AvgIpc) is 2.25. The maximum absolute atomic E-state index is 11.9. The van der Waals surface area contributed by atoms with Crippen molar-refractivity contribution >= 4 is 13.1 Å². The second-order valence-corrected chi connectivity index (χ2v) is 4.81. The second kappa shape index (κ2) is 5.77. The second-order valence-electron chi connectivity index (χ2n) is 3.13. The van der Waals surface area contributed by atoms with Crippen LogP contribution >= 0.6 is 7.80 Å². The topological polar surface area (TPSA) is 26.3 Å². The highest BCUT2D eigenvalue weighted by molar-refractivity contribution is 7.53. The Kier molecular flexibility index (Phi) is 4.61. The summed E-state index contributed by atoms with van der Waals surface area (Å²) >= 11 is 0. The Morgan fingerprint density at radius 2 is 2.07 bits per heavy atom. The molecule has 0 amide bonds. The Labute approximate surface area is 86.1 Å². The molecule has 0 spiro atoms. The quantitative estimate of drug-likeness (QED) is 0.700. The summed E-state index contributed by atoms with van der Waals surface area (Å²) in [4.78, 5) is 0. The fourth-order valence-electron chi connectivity index (χ4n) is 1.26. The van der Waals surface area contributed by atoms with E-state index in [-0.39, 0.29) is 0 Å². The molecule has 1 atom stereocenters. The van der Waals surface area contributed by atoms with Gasteiger partial charge in [-0.3, -0.25) is 0 Å². The maximum atomic E-state index is 11.9. The van der Waals surface area contributed by atoms with Crippen molar-refractivity contribution in [3.05, 3.63) is 24.3 Å². The first-order valence-corrected chi connectivity index (χ1v) is 6.31. The minimum Gasteiger partial charge on any atom is -0.492 e. The molecule has 0 N–H and O–H groups in total. The van der Waals surface area contributed by atoms with E-state index < -0.39 is 7.80 Å². The van der Waals surface area contributed by atoms with Gasteiger partial charge in [0.1, 0.15) is 0 Å². The summed E-state index contributed by atoms with van der Waals surface area (Å²) < 4.78 is 17.0. The Morgan fingerprint density at radius 1 is 1.36 bits per heavy atom. The number of hydrogen-bond acceptors (Lipinski definition) is 2. The molecule has 0 aliphatic rings. The lowest BCUT2D eigenvalue weighted by Crippen LogP contribution is -2.03. The van der Waals surface area contributed by atoms with E-state index in [1.165, 1.54) is 0 Å². The van der Waals surface area contributed by atoms with Gasteiger partial charge in [0, 0.05) is 0 Å². The number of hydrogen-bond donors (Lipinski definition) is 0. The summed E-state index contributed by atoms with van der Waals surface area (Å²) in [5.41, 5.74) is 0. The van der Waals surface area contributed by atoms with Crippen LogP contribution in [0.25, 0.3) is 0 Å². The molecule has 0 aromatic heterocycles. The molecule has 0 saturated heterocycles. The van der Waals surface area contributed by atoms with E-state index in [2.05, 4.69) is 6.92 Å². The summed E-state index contributed by atoms with van der Waals surface area (Å²) in [6.45, 7) is 2.10. The van der Waals surface area contributed by atoms with Gasteiger partial charge in [0.2, 0.25) is 5.30 Å². The number of ether oxygens (including phenoxy) is 1. The van der Waals surface area contributed by atoms with Crippen LogP contribution < -0.4 is 10.0 Å². The zero-order valence-electron chi connectivity index (χ0n) is 8.69. The van der Waals surface area contributed by atoms with Crippen LogP contribution in [-0.4, -0.2) is 13.3 Å². The first-order valence-electron chi connectivity index (χ1n) is 4.87. The lowest BCUT2D eigenvalue weighted by molar-refractivity contribution is 0.418. The fourth-order valence-corrected chi connectivity index (χ4v) is 2.77. The van der Waals surface area contributed by atoms with Crippen molar-refractivity contribution in [3.8, 4) is 5.75 Å². The molecule has 0 heterocycles. The molecule has 2 nitrogen and oxygen atoms in total. The Bertz CT molecular complexity index is 310. The van der Waals surface area contributed by atoms with Crippen LogP contribution in [0, 0.1) is 0 Å². The minimum absolute atomic E-state index is 0.740. The lowest BCUT2D eigenvalue weighted by Gasteiger charge is -1.98. The fraction of sp³-hybridized carbons (Fsp3) is 0.455. The smallest absolute Gasteiger partial charge is 0.380 e. The molecular weight excluding hydrogens is 195 g/mol. The molecule has 0 aliphatic heterocycles. The molecule has 1 aromatic carbocycles. The molecule has 0 saturated carbocycles. The zero-order chi connectivity index (χ0) is 10.4. The molecule has 1 rings (SSSR count). The SMILES string of the molecule is CCCC[P+](=O)c1ccccc1OC. The predicted octanol–water partition coefficient (Wildman–Crippen LogP) is 2.95. The molecule has 0 fully saturated rings. The lowest BCUT2D eigenvalue weighted by atomic mass is 10.3. The van der Waals surface area contributed by atoms with Gasteiger partial charge >= 0.3 is 7.80 Å². The summed E-state index contributed by atoms with van der Waals surface area (Å²) in [5, 5.41) is 0.846. The zero-order valence-corrected chi connectivity index (χ0v) is 9.59. The highest BCUT2D eigenvalue weighted by Gasteiger charge is 2.22. The molecule has 76 valence electrons. The highest BCUT2D eigenvalue weighted by atomic mass is 31.1. The van der Waals surface area contributed by atoms with Crippen LogP contribution in [-0.2, 0) is 4.57 Å². The van der Waals surface area contributed by atoms with E-state index in [1.807, 2.05) is 24.3 Å². The average molecular weight is 211 g/mol. The number of para-hydroxylation sites is 1. The first kappa shape index (κ1) is 11.2. The van der Waals surface area contributed by atoms with E-state index in [1.54, 1.807) is 7.11 Å². The largest absolute Gasteiger partial charge is 0.492 e. The highest BCUT2D eigenvalue weighted by Crippen LogP contribution is 2.26. The van der Waals surface area contributed by atoms with Crippen molar-refractivity contribution in [3.63, 3.8) is 0 Å². The summed E-state index contributed by atoms with van der Waals surface area (Å²) in [7, 11) is 0.330. The van der Waals surface area contributed by atoms with Gasteiger partial charge in [-0.25, -0.2) is 0 Å². The van der Waals surface area contributed by atoms with Gasteiger partial charge in [-0.2, -0.15) is 0 Å². The van der Waals surface area contributed by atoms with Crippen LogP contribution in [0.4, 0.5) is 0 Å². The third kappa shape index (κ3) is 2.81. The molecule has 0 aliphatic carbocycles.